The maximum absolute atomic E-state index is 12.0. The molecule has 100 valence electrons. The van der Waals surface area contributed by atoms with Crippen LogP contribution in [0.4, 0.5) is 0 Å². The van der Waals surface area contributed by atoms with Gasteiger partial charge in [-0.25, -0.2) is 13.1 Å². The summed E-state index contributed by atoms with van der Waals surface area (Å²) in [5, 5.41) is 8.60. The van der Waals surface area contributed by atoms with Gasteiger partial charge in [-0.2, -0.15) is 0 Å². The Labute approximate surface area is 115 Å². The monoisotopic (exact) mass is 311 g/mol. The number of carbonyl (C=O) groups is 1. The third-order valence-electron chi connectivity index (χ3n) is 2.04. The summed E-state index contributed by atoms with van der Waals surface area (Å²) >= 11 is 11.5. The van der Waals surface area contributed by atoms with Gasteiger partial charge in [0.05, 0.1) is 16.5 Å². The zero-order valence-electron chi connectivity index (χ0n) is 9.35. The Balaban J connectivity index is 3.00. The van der Waals surface area contributed by atoms with Crippen LogP contribution in [0.2, 0.25) is 10.0 Å². The molecule has 0 saturated heterocycles. The molecule has 1 aromatic carbocycles. The summed E-state index contributed by atoms with van der Waals surface area (Å²) < 4.78 is 26.1. The number of carboxylic acids is 1. The molecule has 8 heteroatoms. The summed E-state index contributed by atoms with van der Waals surface area (Å²) in [4.78, 5) is 10.3. The first kappa shape index (κ1) is 15.2. The van der Waals surface area contributed by atoms with Crippen molar-refractivity contribution in [3.63, 3.8) is 0 Å². The number of hydrogen-bond donors (Lipinski definition) is 2. The quantitative estimate of drug-likeness (QED) is 0.872. The van der Waals surface area contributed by atoms with Crippen molar-refractivity contribution in [2.75, 3.05) is 0 Å². The summed E-state index contributed by atoms with van der Waals surface area (Å²) in [6.07, 6.45) is -0.322. The minimum atomic E-state index is -3.89. The van der Waals surface area contributed by atoms with Crippen LogP contribution in [-0.2, 0) is 14.8 Å². The highest BCUT2D eigenvalue weighted by Gasteiger charge is 2.22. The van der Waals surface area contributed by atoms with E-state index in [4.69, 9.17) is 28.3 Å². The zero-order chi connectivity index (χ0) is 13.9. The van der Waals surface area contributed by atoms with E-state index in [1.165, 1.54) is 25.1 Å². The van der Waals surface area contributed by atoms with E-state index in [9.17, 15) is 13.2 Å². The molecule has 0 heterocycles. The molecule has 0 saturated carbocycles. The lowest BCUT2D eigenvalue weighted by molar-refractivity contribution is -0.137. The van der Waals surface area contributed by atoms with Crippen molar-refractivity contribution in [2.24, 2.45) is 0 Å². The van der Waals surface area contributed by atoms with Gasteiger partial charge >= 0.3 is 5.97 Å². The summed E-state index contributed by atoms with van der Waals surface area (Å²) in [5.41, 5.74) is 0. The van der Waals surface area contributed by atoms with Crippen molar-refractivity contribution in [3.8, 4) is 0 Å². The van der Waals surface area contributed by atoms with Gasteiger partial charge in [-0.1, -0.05) is 29.3 Å². The predicted octanol–water partition coefficient (Wildman–Crippen LogP) is 2.13. The van der Waals surface area contributed by atoms with E-state index in [-0.39, 0.29) is 21.4 Å². The van der Waals surface area contributed by atoms with E-state index in [0.29, 0.717) is 0 Å². The predicted molar refractivity (Wildman–Crippen MR) is 68.5 cm³/mol. The highest BCUT2D eigenvalue weighted by atomic mass is 35.5. The van der Waals surface area contributed by atoms with Crippen molar-refractivity contribution >= 4 is 39.2 Å². The Kier molecular flexibility index (Phi) is 4.98. The van der Waals surface area contributed by atoms with Gasteiger partial charge in [0.25, 0.3) is 0 Å². The number of sulfonamides is 1. The fourth-order valence-electron chi connectivity index (χ4n) is 1.32. The van der Waals surface area contributed by atoms with Gasteiger partial charge in [-0.05, 0) is 19.1 Å². The van der Waals surface area contributed by atoms with Crippen molar-refractivity contribution in [1.82, 2.24) is 4.72 Å². The van der Waals surface area contributed by atoms with Gasteiger partial charge in [0, 0.05) is 6.04 Å². The van der Waals surface area contributed by atoms with Crippen LogP contribution in [0, 0.1) is 0 Å². The van der Waals surface area contributed by atoms with Gasteiger partial charge in [0.2, 0.25) is 10.0 Å². The van der Waals surface area contributed by atoms with Crippen LogP contribution in [-0.4, -0.2) is 25.5 Å². The van der Waals surface area contributed by atoms with Gasteiger partial charge in [-0.3, -0.25) is 4.79 Å². The van der Waals surface area contributed by atoms with E-state index < -0.39 is 22.0 Å². The molecule has 0 bridgehead atoms. The molecule has 0 aromatic heterocycles. The molecule has 1 aromatic rings. The van der Waals surface area contributed by atoms with Crippen LogP contribution in [0.5, 0.6) is 0 Å². The van der Waals surface area contributed by atoms with Crippen LogP contribution in [0.3, 0.4) is 0 Å². The number of hydrogen-bond acceptors (Lipinski definition) is 3. The number of rotatable bonds is 5. The number of aliphatic carboxylic acids is 1. The second-order valence-electron chi connectivity index (χ2n) is 3.67. The maximum atomic E-state index is 12.0. The molecule has 0 aliphatic carbocycles. The molecule has 1 atom stereocenters. The Morgan fingerprint density at radius 1 is 1.44 bits per heavy atom. The van der Waals surface area contributed by atoms with Crippen LogP contribution >= 0.6 is 23.2 Å². The number of halogens is 2. The molecule has 0 aliphatic rings. The maximum Gasteiger partial charge on any atom is 0.304 e. The Bertz CT molecular complexity index is 559. The molecule has 18 heavy (non-hydrogen) atoms. The van der Waals surface area contributed by atoms with E-state index in [1.807, 2.05) is 0 Å². The van der Waals surface area contributed by atoms with Crippen molar-refractivity contribution in [1.29, 1.82) is 0 Å². The molecule has 0 spiro atoms. The molecule has 0 aliphatic heterocycles. The first-order valence-corrected chi connectivity index (χ1v) is 7.16. The second kappa shape index (κ2) is 5.88. The summed E-state index contributed by atoms with van der Waals surface area (Å²) in [5.74, 6) is -1.10. The standard InChI is InChI=1S/C10H11Cl2NO4S/c1-6(5-9(14)15)13-18(16,17)8-4-2-3-7(11)10(8)12/h2-4,6,13H,5H2,1H3,(H,14,15). The van der Waals surface area contributed by atoms with Gasteiger partial charge in [0.15, 0.2) is 0 Å². The largest absolute Gasteiger partial charge is 0.481 e. The lowest BCUT2D eigenvalue weighted by Crippen LogP contribution is -2.34. The fraction of sp³-hybridized carbons (Fsp3) is 0.300. The summed E-state index contributed by atoms with van der Waals surface area (Å²) in [6, 6.07) is 3.46. The number of nitrogens with one attached hydrogen (secondary N) is 1. The first-order chi connectivity index (χ1) is 8.24. The molecule has 1 unspecified atom stereocenters. The molecule has 0 fully saturated rings. The van der Waals surface area contributed by atoms with Gasteiger partial charge in [0.1, 0.15) is 4.90 Å². The zero-order valence-corrected chi connectivity index (χ0v) is 11.7. The van der Waals surface area contributed by atoms with Crippen LogP contribution < -0.4 is 4.72 Å². The fourth-order valence-corrected chi connectivity index (χ4v) is 3.33. The molecule has 0 radical (unpaired) electrons. The Morgan fingerprint density at radius 3 is 2.61 bits per heavy atom. The average Bonchev–Trinajstić information content (AvgIpc) is 2.19. The van der Waals surface area contributed by atoms with Crippen molar-refractivity contribution in [3.05, 3.63) is 28.2 Å². The lowest BCUT2D eigenvalue weighted by atomic mass is 10.3. The highest BCUT2D eigenvalue weighted by molar-refractivity contribution is 7.89. The van der Waals surface area contributed by atoms with E-state index >= 15 is 0 Å². The van der Waals surface area contributed by atoms with Gasteiger partial charge < -0.3 is 5.11 Å². The Hall–Kier alpha value is -0.820. The number of carboxylic acid groups (broad SMARTS) is 1. The summed E-state index contributed by atoms with van der Waals surface area (Å²) in [7, 11) is -3.89. The molecular formula is C10H11Cl2NO4S. The van der Waals surface area contributed by atoms with Crippen LogP contribution in [0.15, 0.2) is 23.1 Å². The number of benzene rings is 1. The SMILES string of the molecule is CC(CC(=O)O)NS(=O)(=O)c1cccc(Cl)c1Cl. The summed E-state index contributed by atoms with van der Waals surface area (Å²) in [6.45, 7) is 1.45. The molecular weight excluding hydrogens is 301 g/mol. The first-order valence-electron chi connectivity index (χ1n) is 4.92. The smallest absolute Gasteiger partial charge is 0.304 e. The Morgan fingerprint density at radius 2 is 2.06 bits per heavy atom. The normalized spacial score (nSPS) is 13.3. The van der Waals surface area contributed by atoms with Crippen LogP contribution in [0.1, 0.15) is 13.3 Å². The molecule has 1 rings (SSSR count). The van der Waals surface area contributed by atoms with Crippen molar-refractivity contribution < 1.29 is 18.3 Å². The third kappa shape index (κ3) is 3.84. The van der Waals surface area contributed by atoms with E-state index in [2.05, 4.69) is 4.72 Å². The molecule has 5 nitrogen and oxygen atoms in total. The van der Waals surface area contributed by atoms with Gasteiger partial charge in [-0.15, -0.1) is 0 Å². The average molecular weight is 312 g/mol. The molecule has 2 N–H and O–H groups in total. The van der Waals surface area contributed by atoms with E-state index in [0.717, 1.165) is 0 Å². The van der Waals surface area contributed by atoms with Crippen molar-refractivity contribution in [2.45, 2.75) is 24.3 Å². The lowest BCUT2D eigenvalue weighted by Gasteiger charge is -2.13. The van der Waals surface area contributed by atoms with Crippen LogP contribution in [0.25, 0.3) is 0 Å². The minimum absolute atomic E-state index is 0.0887. The third-order valence-corrected chi connectivity index (χ3v) is 4.61. The van der Waals surface area contributed by atoms with E-state index in [1.54, 1.807) is 0 Å². The molecule has 0 amide bonds. The topological polar surface area (TPSA) is 83.5 Å². The second-order valence-corrected chi connectivity index (χ2v) is 6.14. The highest BCUT2D eigenvalue weighted by Crippen LogP contribution is 2.28. The minimum Gasteiger partial charge on any atom is -0.481 e.